The molecule has 0 saturated carbocycles. The molecule has 0 bridgehead atoms. The second kappa shape index (κ2) is 14.0. The van der Waals surface area contributed by atoms with Gasteiger partial charge in [-0.2, -0.15) is 0 Å². The second-order valence-electron chi connectivity index (χ2n) is 8.06. The third-order valence-corrected chi connectivity index (χ3v) is 6.32. The maximum Gasteiger partial charge on any atom is 0.191 e. The Morgan fingerprint density at radius 2 is 2.03 bits per heavy atom. The van der Waals surface area contributed by atoms with Gasteiger partial charge in [0.15, 0.2) is 5.96 Å². The number of benzene rings is 1. The number of aliphatic imine (C=N–C) groups is 1. The molecule has 3 N–H and O–H groups in total. The molecule has 0 amide bonds. The molecule has 1 unspecified atom stereocenters. The van der Waals surface area contributed by atoms with Gasteiger partial charge in [-0.3, -0.25) is 4.99 Å². The summed E-state index contributed by atoms with van der Waals surface area (Å²) in [6, 6.07) is 8.30. The first-order valence-electron chi connectivity index (χ1n) is 11.1. The third-order valence-electron chi connectivity index (χ3n) is 6.32. The number of guanidine groups is 1. The van der Waals surface area contributed by atoms with Crippen LogP contribution in [0.25, 0.3) is 0 Å². The summed E-state index contributed by atoms with van der Waals surface area (Å²) in [4.78, 5) is 7.29. The third kappa shape index (κ3) is 7.80. The van der Waals surface area contributed by atoms with Crippen LogP contribution in [0.15, 0.2) is 29.3 Å². The minimum Gasteiger partial charge on any atom is -0.497 e. The molecule has 2 rings (SSSR count). The molecule has 0 aromatic heterocycles. The Bertz CT molecular complexity index is 637. The number of hydrogen-bond donors (Lipinski definition) is 3. The average Bonchev–Trinajstić information content (AvgIpc) is 3.24. The lowest BCUT2D eigenvalue weighted by Gasteiger charge is -2.29. The molecule has 0 aliphatic carbocycles. The van der Waals surface area contributed by atoms with Gasteiger partial charge in [-0.05, 0) is 56.1 Å². The first-order valence-corrected chi connectivity index (χ1v) is 11.1. The summed E-state index contributed by atoms with van der Waals surface area (Å²) in [5.74, 6) is 2.38. The van der Waals surface area contributed by atoms with Crippen LogP contribution in [0.2, 0.25) is 0 Å². The summed E-state index contributed by atoms with van der Waals surface area (Å²) in [6.45, 7) is 11.3. The van der Waals surface area contributed by atoms with E-state index in [-0.39, 0.29) is 36.0 Å². The lowest BCUT2D eigenvalue weighted by atomic mass is 9.79. The van der Waals surface area contributed by atoms with E-state index in [2.05, 4.69) is 54.5 Å². The standard InChI is InChI=1S/C23H40N4O2.HI/c1-5-23(6-2,12-14-28)18-26-22(24-7-3)25-16-19-11-13-27(17-19)20-9-8-10-21(15-20)29-4;/h8-10,15,19,28H,5-7,11-14,16-18H2,1-4H3,(H2,24,25,26);1H. The number of aliphatic hydroxyl groups excluding tert-OH is 1. The Kier molecular flexibility index (Phi) is 12.5. The number of nitrogens with one attached hydrogen (secondary N) is 2. The van der Waals surface area contributed by atoms with Gasteiger partial charge in [0.05, 0.1) is 7.11 Å². The number of halogens is 1. The number of anilines is 1. The fourth-order valence-corrected chi connectivity index (χ4v) is 4.01. The molecule has 1 fully saturated rings. The maximum absolute atomic E-state index is 9.44. The average molecular weight is 533 g/mol. The van der Waals surface area contributed by atoms with Gasteiger partial charge in [-0.25, -0.2) is 0 Å². The highest BCUT2D eigenvalue weighted by Gasteiger charge is 2.26. The van der Waals surface area contributed by atoms with E-state index in [4.69, 9.17) is 9.73 Å². The van der Waals surface area contributed by atoms with Crippen molar-refractivity contribution in [3.05, 3.63) is 24.3 Å². The Morgan fingerprint density at radius 1 is 1.27 bits per heavy atom. The summed E-state index contributed by atoms with van der Waals surface area (Å²) in [5, 5.41) is 16.4. The lowest BCUT2D eigenvalue weighted by Crippen LogP contribution is -2.41. The molecule has 1 aliphatic heterocycles. The molecule has 1 aromatic rings. The van der Waals surface area contributed by atoms with Gasteiger partial charge < -0.3 is 25.4 Å². The van der Waals surface area contributed by atoms with Crippen LogP contribution < -0.4 is 20.3 Å². The first kappa shape index (κ1) is 26.8. The Balaban J connectivity index is 0.00000450. The van der Waals surface area contributed by atoms with E-state index >= 15 is 0 Å². The van der Waals surface area contributed by atoms with Crippen molar-refractivity contribution >= 4 is 35.6 Å². The molecule has 0 spiro atoms. The van der Waals surface area contributed by atoms with Crippen LogP contribution in [-0.4, -0.2) is 57.5 Å². The van der Waals surface area contributed by atoms with Gasteiger partial charge in [-0.15, -0.1) is 24.0 Å². The van der Waals surface area contributed by atoms with E-state index in [1.165, 1.54) is 12.1 Å². The van der Waals surface area contributed by atoms with E-state index in [0.29, 0.717) is 5.92 Å². The zero-order valence-corrected chi connectivity index (χ0v) is 21.4. The lowest BCUT2D eigenvalue weighted by molar-refractivity contribution is 0.175. The number of nitrogens with zero attached hydrogens (tertiary/aromatic N) is 2. The minimum atomic E-state index is 0. The largest absolute Gasteiger partial charge is 0.497 e. The highest BCUT2D eigenvalue weighted by molar-refractivity contribution is 14.0. The quantitative estimate of drug-likeness (QED) is 0.229. The van der Waals surface area contributed by atoms with E-state index in [1.54, 1.807) is 7.11 Å². The number of hydrogen-bond acceptors (Lipinski definition) is 4. The molecule has 1 heterocycles. The summed E-state index contributed by atoms with van der Waals surface area (Å²) in [6.07, 6.45) is 4.04. The molecule has 1 aromatic carbocycles. The van der Waals surface area contributed by atoms with Gasteiger partial charge in [0.2, 0.25) is 0 Å². The van der Waals surface area contributed by atoms with Crippen LogP contribution in [0, 0.1) is 11.3 Å². The zero-order chi connectivity index (χ0) is 21.1. The SMILES string of the molecule is CCNC(=NCC(CC)(CC)CCO)NCC1CCN(c2cccc(OC)c2)C1.I. The molecule has 1 saturated heterocycles. The van der Waals surface area contributed by atoms with E-state index in [1.807, 2.05) is 6.07 Å². The summed E-state index contributed by atoms with van der Waals surface area (Å²) < 4.78 is 5.36. The summed E-state index contributed by atoms with van der Waals surface area (Å²) in [5.41, 5.74) is 1.32. The molecular weight excluding hydrogens is 491 g/mol. The summed E-state index contributed by atoms with van der Waals surface area (Å²) >= 11 is 0. The van der Waals surface area contributed by atoms with E-state index < -0.39 is 0 Å². The van der Waals surface area contributed by atoms with Gasteiger partial charge in [0, 0.05) is 51.1 Å². The van der Waals surface area contributed by atoms with Crippen LogP contribution in [0.5, 0.6) is 5.75 Å². The van der Waals surface area contributed by atoms with Crippen LogP contribution in [0.4, 0.5) is 5.69 Å². The Morgan fingerprint density at radius 3 is 2.67 bits per heavy atom. The fourth-order valence-electron chi connectivity index (χ4n) is 4.01. The van der Waals surface area contributed by atoms with Crippen molar-refractivity contribution in [3.8, 4) is 5.75 Å². The predicted molar refractivity (Wildman–Crippen MR) is 137 cm³/mol. The highest BCUT2D eigenvalue weighted by atomic mass is 127. The smallest absolute Gasteiger partial charge is 0.191 e. The molecule has 6 nitrogen and oxygen atoms in total. The first-order chi connectivity index (χ1) is 14.1. The van der Waals surface area contributed by atoms with Crippen molar-refractivity contribution in [1.29, 1.82) is 0 Å². The van der Waals surface area contributed by atoms with Gasteiger partial charge >= 0.3 is 0 Å². The number of rotatable bonds is 11. The second-order valence-corrected chi connectivity index (χ2v) is 8.06. The van der Waals surface area contributed by atoms with Crippen molar-refractivity contribution in [2.24, 2.45) is 16.3 Å². The Hall–Kier alpha value is -1.22. The Labute approximate surface area is 199 Å². The van der Waals surface area contributed by atoms with Crippen LogP contribution in [0.3, 0.4) is 0 Å². The van der Waals surface area contributed by atoms with Crippen molar-refractivity contribution in [2.45, 2.75) is 46.5 Å². The fraction of sp³-hybridized carbons (Fsp3) is 0.696. The molecule has 1 atom stereocenters. The van der Waals surface area contributed by atoms with Gasteiger partial charge in [0.25, 0.3) is 0 Å². The van der Waals surface area contributed by atoms with Crippen molar-refractivity contribution in [3.63, 3.8) is 0 Å². The summed E-state index contributed by atoms with van der Waals surface area (Å²) in [7, 11) is 1.71. The molecule has 172 valence electrons. The minimum absolute atomic E-state index is 0. The number of ether oxygens (including phenoxy) is 1. The molecular formula is C23H41IN4O2. The monoisotopic (exact) mass is 532 g/mol. The van der Waals surface area contributed by atoms with Gasteiger partial charge in [-0.1, -0.05) is 19.9 Å². The normalized spacial score (nSPS) is 16.9. The zero-order valence-electron chi connectivity index (χ0n) is 19.1. The number of methoxy groups -OCH3 is 1. The van der Waals surface area contributed by atoms with Crippen LogP contribution in [-0.2, 0) is 0 Å². The van der Waals surface area contributed by atoms with Gasteiger partial charge in [0.1, 0.15) is 5.75 Å². The van der Waals surface area contributed by atoms with E-state index in [9.17, 15) is 5.11 Å². The number of aliphatic hydroxyl groups is 1. The van der Waals surface area contributed by atoms with Crippen molar-refractivity contribution < 1.29 is 9.84 Å². The van der Waals surface area contributed by atoms with E-state index in [0.717, 1.165) is 63.7 Å². The maximum atomic E-state index is 9.44. The van der Waals surface area contributed by atoms with Crippen molar-refractivity contribution in [1.82, 2.24) is 10.6 Å². The highest BCUT2D eigenvalue weighted by Crippen LogP contribution is 2.30. The predicted octanol–water partition coefficient (Wildman–Crippen LogP) is 3.88. The molecule has 7 heteroatoms. The topological polar surface area (TPSA) is 69.1 Å². The van der Waals surface area contributed by atoms with Crippen LogP contribution in [0.1, 0.15) is 46.5 Å². The van der Waals surface area contributed by atoms with Crippen molar-refractivity contribution in [2.75, 3.05) is 51.3 Å². The molecule has 0 radical (unpaired) electrons. The molecule has 30 heavy (non-hydrogen) atoms. The molecule has 1 aliphatic rings. The van der Waals surface area contributed by atoms with Crippen LogP contribution >= 0.6 is 24.0 Å².